The second-order valence-electron chi connectivity index (χ2n) is 5.37. The molecule has 1 heterocycles. The second kappa shape index (κ2) is 4.58. The van der Waals surface area contributed by atoms with Gasteiger partial charge in [0.1, 0.15) is 0 Å². The standard InChI is InChI=1S/C12H18ClN3/c1-12(2)5-3-4-9(7-12)15-10-6-11(13)16-14-8-10/h6,8-9H,3-5,7H2,1-2H3,(H,15,16). The Balaban J connectivity index is 1.99. The molecule has 16 heavy (non-hydrogen) atoms. The summed E-state index contributed by atoms with van der Waals surface area (Å²) in [6.07, 6.45) is 6.77. The van der Waals surface area contributed by atoms with Gasteiger partial charge in [-0.15, -0.1) is 5.10 Å². The fourth-order valence-electron chi connectivity index (χ4n) is 2.48. The number of halogens is 1. The van der Waals surface area contributed by atoms with Crippen LogP contribution in [0.4, 0.5) is 5.69 Å². The fourth-order valence-corrected chi connectivity index (χ4v) is 2.64. The van der Waals surface area contributed by atoms with Crippen LogP contribution in [0, 0.1) is 5.41 Å². The molecular formula is C12H18ClN3. The molecule has 3 nitrogen and oxygen atoms in total. The van der Waals surface area contributed by atoms with Crippen LogP contribution in [0.1, 0.15) is 39.5 Å². The summed E-state index contributed by atoms with van der Waals surface area (Å²) in [6.45, 7) is 4.66. The zero-order chi connectivity index (χ0) is 11.6. The molecule has 0 amide bonds. The minimum absolute atomic E-state index is 0.445. The molecule has 1 aromatic rings. The summed E-state index contributed by atoms with van der Waals surface area (Å²) < 4.78 is 0. The minimum atomic E-state index is 0.445. The van der Waals surface area contributed by atoms with Gasteiger partial charge in [0.05, 0.1) is 11.9 Å². The molecular weight excluding hydrogens is 222 g/mol. The second-order valence-corrected chi connectivity index (χ2v) is 5.76. The van der Waals surface area contributed by atoms with E-state index in [0.29, 0.717) is 16.6 Å². The molecule has 0 saturated heterocycles. The van der Waals surface area contributed by atoms with Crippen LogP contribution < -0.4 is 5.32 Å². The molecule has 4 heteroatoms. The summed E-state index contributed by atoms with van der Waals surface area (Å²) in [6, 6.07) is 2.36. The number of rotatable bonds is 2. The van der Waals surface area contributed by atoms with Crippen molar-refractivity contribution in [2.24, 2.45) is 5.41 Å². The third kappa shape index (κ3) is 3.08. The van der Waals surface area contributed by atoms with E-state index in [9.17, 15) is 0 Å². The Bertz CT molecular complexity index is 365. The highest BCUT2D eigenvalue weighted by atomic mass is 35.5. The largest absolute Gasteiger partial charge is 0.381 e. The Labute approximate surface area is 102 Å². The van der Waals surface area contributed by atoms with Gasteiger partial charge in [-0.3, -0.25) is 0 Å². The van der Waals surface area contributed by atoms with E-state index in [1.165, 1.54) is 25.7 Å². The Morgan fingerprint density at radius 1 is 1.50 bits per heavy atom. The summed E-state index contributed by atoms with van der Waals surface area (Å²) in [5.41, 5.74) is 1.42. The number of nitrogens with one attached hydrogen (secondary N) is 1. The van der Waals surface area contributed by atoms with Gasteiger partial charge in [0, 0.05) is 12.1 Å². The molecule has 0 radical (unpaired) electrons. The van der Waals surface area contributed by atoms with Gasteiger partial charge >= 0.3 is 0 Å². The summed E-state index contributed by atoms with van der Waals surface area (Å²) >= 11 is 5.80. The third-order valence-corrected chi connectivity index (χ3v) is 3.39. The predicted molar refractivity (Wildman–Crippen MR) is 66.7 cm³/mol. The molecule has 0 aliphatic heterocycles. The average molecular weight is 240 g/mol. The first kappa shape index (κ1) is 11.6. The number of aromatic nitrogens is 2. The zero-order valence-electron chi connectivity index (χ0n) is 9.83. The summed E-state index contributed by atoms with van der Waals surface area (Å²) in [5.74, 6) is 0. The van der Waals surface area contributed by atoms with E-state index in [2.05, 4.69) is 29.4 Å². The van der Waals surface area contributed by atoms with E-state index in [4.69, 9.17) is 11.6 Å². The maximum Gasteiger partial charge on any atom is 0.153 e. The summed E-state index contributed by atoms with van der Waals surface area (Å²) in [5, 5.41) is 11.5. The lowest BCUT2D eigenvalue weighted by atomic mass is 9.75. The zero-order valence-corrected chi connectivity index (χ0v) is 10.6. The number of hydrogen-bond donors (Lipinski definition) is 1. The maximum atomic E-state index is 5.80. The van der Waals surface area contributed by atoms with Crippen LogP contribution in [-0.4, -0.2) is 16.2 Å². The van der Waals surface area contributed by atoms with Crippen LogP contribution >= 0.6 is 11.6 Å². The monoisotopic (exact) mass is 239 g/mol. The van der Waals surface area contributed by atoms with Gasteiger partial charge in [-0.2, -0.15) is 5.10 Å². The average Bonchev–Trinajstić information content (AvgIpc) is 2.15. The third-order valence-electron chi connectivity index (χ3n) is 3.20. The molecule has 0 aromatic carbocycles. The van der Waals surface area contributed by atoms with Gasteiger partial charge in [-0.1, -0.05) is 31.9 Å². The van der Waals surface area contributed by atoms with Crippen LogP contribution in [0.3, 0.4) is 0 Å². The Morgan fingerprint density at radius 2 is 2.31 bits per heavy atom. The lowest BCUT2D eigenvalue weighted by molar-refractivity contribution is 0.229. The number of nitrogens with zero attached hydrogens (tertiary/aromatic N) is 2. The van der Waals surface area contributed by atoms with E-state index in [-0.39, 0.29) is 0 Å². The van der Waals surface area contributed by atoms with Crippen LogP contribution in [0.5, 0.6) is 0 Å². The lowest BCUT2D eigenvalue weighted by Crippen LogP contribution is -2.31. The van der Waals surface area contributed by atoms with Gasteiger partial charge in [0.25, 0.3) is 0 Å². The molecule has 1 saturated carbocycles. The highest BCUT2D eigenvalue weighted by Crippen LogP contribution is 2.36. The smallest absolute Gasteiger partial charge is 0.153 e. The van der Waals surface area contributed by atoms with Gasteiger partial charge in [-0.05, 0) is 24.7 Å². The van der Waals surface area contributed by atoms with Crippen molar-refractivity contribution in [1.82, 2.24) is 10.2 Å². The van der Waals surface area contributed by atoms with Gasteiger partial charge < -0.3 is 5.32 Å². The summed E-state index contributed by atoms with van der Waals surface area (Å²) in [7, 11) is 0. The first-order valence-corrected chi connectivity index (χ1v) is 6.18. The molecule has 1 unspecified atom stereocenters. The Hall–Kier alpha value is -0.830. The Morgan fingerprint density at radius 3 is 3.00 bits per heavy atom. The fraction of sp³-hybridized carbons (Fsp3) is 0.667. The number of hydrogen-bond acceptors (Lipinski definition) is 3. The van der Waals surface area contributed by atoms with E-state index >= 15 is 0 Å². The van der Waals surface area contributed by atoms with Gasteiger partial charge in [-0.25, -0.2) is 0 Å². The molecule has 1 aliphatic carbocycles. The van der Waals surface area contributed by atoms with E-state index in [1.54, 1.807) is 6.20 Å². The van der Waals surface area contributed by atoms with Crippen molar-refractivity contribution in [3.63, 3.8) is 0 Å². The molecule has 1 fully saturated rings. The van der Waals surface area contributed by atoms with Crippen molar-refractivity contribution in [3.05, 3.63) is 17.4 Å². The quantitative estimate of drug-likeness (QED) is 0.858. The van der Waals surface area contributed by atoms with Crippen molar-refractivity contribution in [3.8, 4) is 0 Å². The highest BCUT2D eigenvalue weighted by molar-refractivity contribution is 6.29. The normalized spacial score (nSPS) is 24.1. The van der Waals surface area contributed by atoms with Crippen molar-refractivity contribution in [2.45, 2.75) is 45.6 Å². The molecule has 88 valence electrons. The molecule has 0 bridgehead atoms. The van der Waals surface area contributed by atoms with Crippen LogP contribution in [0.25, 0.3) is 0 Å². The molecule has 1 aliphatic rings. The van der Waals surface area contributed by atoms with Crippen molar-refractivity contribution < 1.29 is 0 Å². The van der Waals surface area contributed by atoms with E-state index in [1.807, 2.05) is 6.07 Å². The van der Waals surface area contributed by atoms with Crippen molar-refractivity contribution >= 4 is 17.3 Å². The first-order chi connectivity index (χ1) is 7.55. The van der Waals surface area contributed by atoms with E-state index < -0.39 is 0 Å². The topological polar surface area (TPSA) is 37.8 Å². The molecule has 2 rings (SSSR count). The van der Waals surface area contributed by atoms with Crippen molar-refractivity contribution in [1.29, 1.82) is 0 Å². The van der Waals surface area contributed by atoms with Gasteiger partial charge in [0.2, 0.25) is 0 Å². The van der Waals surface area contributed by atoms with Gasteiger partial charge in [0.15, 0.2) is 5.15 Å². The van der Waals surface area contributed by atoms with Crippen LogP contribution in [0.15, 0.2) is 12.3 Å². The maximum absolute atomic E-state index is 5.80. The lowest BCUT2D eigenvalue weighted by Gasteiger charge is -2.35. The predicted octanol–water partition coefficient (Wildman–Crippen LogP) is 3.51. The SMILES string of the molecule is CC1(C)CCCC(Nc2cnnc(Cl)c2)C1. The molecule has 1 aromatic heterocycles. The minimum Gasteiger partial charge on any atom is -0.381 e. The first-order valence-electron chi connectivity index (χ1n) is 5.80. The van der Waals surface area contributed by atoms with Crippen molar-refractivity contribution in [2.75, 3.05) is 5.32 Å². The molecule has 0 spiro atoms. The van der Waals surface area contributed by atoms with Crippen LogP contribution in [0.2, 0.25) is 5.15 Å². The highest BCUT2D eigenvalue weighted by Gasteiger charge is 2.27. The van der Waals surface area contributed by atoms with E-state index in [0.717, 1.165) is 5.69 Å². The summed E-state index contributed by atoms with van der Waals surface area (Å²) in [4.78, 5) is 0. The molecule has 1 atom stereocenters. The number of anilines is 1. The Kier molecular flexibility index (Phi) is 3.33. The molecule has 1 N–H and O–H groups in total. The van der Waals surface area contributed by atoms with Crippen LogP contribution in [-0.2, 0) is 0 Å².